The second-order valence-electron chi connectivity index (χ2n) is 4.06. The van der Waals surface area contributed by atoms with Crippen LogP contribution in [0.25, 0.3) is 0 Å². The summed E-state index contributed by atoms with van der Waals surface area (Å²) in [5.74, 6) is 0.996. The van der Waals surface area contributed by atoms with E-state index in [1.54, 1.807) is 0 Å². The predicted molar refractivity (Wildman–Crippen MR) is 60.1 cm³/mol. The number of halogens is 1. The number of aromatic nitrogens is 1. The van der Waals surface area contributed by atoms with Gasteiger partial charge >= 0.3 is 0 Å². The molecule has 1 heterocycles. The van der Waals surface area contributed by atoms with E-state index in [-0.39, 0.29) is 5.54 Å². The van der Waals surface area contributed by atoms with Crippen molar-refractivity contribution in [1.82, 2.24) is 4.98 Å². The maximum atomic E-state index is 4.32. The molecular formula is C10H15BrN2. The molecule has 13 heavy (non-hydrogen) atoms. The van der Waals surface area contributed by atoms with Gasteiger partial charge in [0.1, 0.15) is 5.82 Å². The van der Waals surface area contributed by atoms with Gasteiger partial charge in [0.2, 0.25) is 0 Å². The first-order chi connectivity index (χ1) is 5.91. The second-order valence-corrected chi connectivity index (χ2v) is 4.98. The van der Waals surface area contributed by atoms with Gasteiger partial charge in [-0.1, -0.05) is 0 Å². The monoisotopic (exact) mass is 242 g/mol. The van der Waals surface area contributed by atoms with Crippen molar-refractivity contribution in [3.05, 3.63) is 22.8 Å². The summed E-state index contributed by atoms with van der Waals surface area (Å²) in [6.07, 6.45) is 1.82. The first-order valence-electron chi connectivity index (χ1n) is 4.26. The lowest BCUT2D eigenvalue weighted by Gasteiger charge is -2.32. The van der Waals surface area contributed by atoms with E-state index in [1.165, 1.54) is 0 Å². The van der Waals surface area contributed by atoms with Gasteiger partial charge in [-0.15, -0.1) is 0 Å². The van der Waals surface area contributed by atoms with Gasteiger partial charge in [-0.05, 0) is 48.8 Å². The number of nitrogens with zero attached hydrogens (tertiary/aromatic N) is 2. The third-order valence-corrected chi connectivity index (χ3v) is 2.53. The van der Waals surface area contributed by atoms with Gasteiger partial charge in [-0.2, -0.15) is 0 Å². The minimum Gasteiger partial charge on any atom is -0.355 e. The molecule has 0 aliphatic heterocycles. The molecule has 1 rings (SSSR count). The van der Waals surface area contributed by atoms with Crippen molar-refractivity contribution >= 4 is 21.7 Å². The minimum absolute atomic E-state index is 0.112. The lowest BCUT2D eigenvalue weighted by atomic mass is 10.1. The van der Waals surface area contributed by atoms with Gasteiger partial charge in [-0.3, -0.25) is 0 Å². The number of hydrogen-bond acceptors (Lipinski definition) is 2. The molecule has 0 N–H and O–H groups in total. The highest BCUT2D eigenvalue weighted by Crippen LogP contribution is 2.20. The summed E-state index contributed by atoms with van der Waals surface area (Å²) in [6, 6.07) is 4.01. The molecule has 0 bridgehead atoms. The molecule has 0 unspecified atom stereocenters. The Morgan fingerprint density at radius 3 is 2.31 bits per heavy atom. The summed E-state index contributed by atoms with van der Waals surface area (Å²) in [6.45, 7) is 6.49. The molecule has 72 valence electrons. The van der Waals surface area contributed by atoms with Crippen LogP contribution in [0.1, 0.15) is 20.8 Å². The van der Waals surface area contributed by atoms with Gasteiger partial charge < -0.3 is 4.90 Å². The van der Waals surface area contributed by atoms with Crippen molar-refractivity contribution in [2.75, 3.05) is 11.9 Å². The summed E-state index contributed by atoms with van der Waals surface area (Å²) >= 11 is 3.36. The van der Waals surface area contributed by atoms with Crippen LogP contribution in [0.2, 0.25) is 0 Å². The lowest BCUT2D eigenvalue weighted by molar-refractivity contribution is 0.534. The standard InChI is InChI=1S/C10H15BrN2/c1-10(2,3)13(4)9-6-5-8(11)7-12-9/h5-7H,1-4H3. The Balaban J connectivity index is 2.90. The molecule has 0 fully saturated rings. The number of pyridine rings is 1. The van der Waals surface area contributed by atoms with Gasteiger partial charge in [0.15, 0.2) is 0 Å². The first kappa shape index (κ1) is 10.5. The summed E-state index contributed by atoms with van der Waals surface area (Å²) in [5, 5.41) is 0. The zero-order valence-corrected chi connectivity index (χ0v) is 10.1. The van der Waals surface area contributed by atoms with Crippen molar-refractivity contribution in [2.45, 2.75) is 26.3 Å². The fraction of sp³-hybridized carbons (Fsp3) is 0.500. The van der Waals surface area contributed by atoms with Gasteiger partial charge in [0.05, 0.1) is 0 Å². The van der Waals surface area contributed by atoms with E-state index in [1.807, 2.05) is 18.3 Å². The molecule has 1 aromatic heterocycles. The molecule has 3 heteroatoms. The SMILES string of the molecule is CN(c1ccc(Br)cn1)C(C)(C)C. The maximum Gasteiger partial charge on any atom is 0.128 e. The lowest BCUT2D eigenvalue weighted by Crippen LogP contribution is -2.38. The highest BCUT2D eigenvalue weighted by atomic mass is 79.9. The van der Waals surface area contributed by atoms with Crippen molar-refractivity contribution < 1.29 is 0 Å². The van der Waals surface area contributed by atoms with Crippen molar-refractivity contribution in [2.24, 2.45) is 0 Å². The average molecular weight is 243 g/mol. The Hall–Kier alpha value is -0.570. The summed E-state index contributed by atoms with van der Waals surface area (Å²) in [7, 11) is 2.05. The van der Waals surface area contributed by atoms with E-state index in [0.717, 1.165) is 10.3 Å². The van der Waals surface area contributed by atoms with Crippen LogP contribution in [0.4, 0.5) is 5.82 Å². The molecule has 0 aromatic carbocycles. The topological polar surface area (TPSA) is 16.1 Å². The van der Waals surface area contributed by atoms with Crippen molar-refractivity contribution in [3.8, 4) is 0 Å². The van der Waals surface area contributed by atoms with Gasteiger partial charge in [-0.25, -0.2) is 4.98 Å². The quantitative estimate of drug-likeness (QED) is 0.753. The van der Waals surface area contributed by atoms with E-state index in [2.05, 4.69) is 53.6 Å². The van der Waals surface area contributed by atoms with Crippen molar-refractivity contribution in [1.29, 1.82) is 0 Å². The number of anilines is 1. The third kappa shape index (κ3) is 2.69. The Kier molecular flexibility index (Phi) is 2.96. The summed E-state index contributed by atoms with van der Waals surface area (Å²) in [4.78, 5) is 6.48. The van der Waals surface area contributed by atoms with E-state index < -0.39 is 0 Å². The highest BCUT2D eigenvalue weighted by molar-refractivity contribution is 9.10. The first-order valence-corrected chi connectivity index (χ1v) is 5.06. The molecule has 2 nitrogen and oxygen atoms in total. The fourth-order valence-corrected chi connectivity index (χ4v) is 1.14. The molecule has 1 aromatic rings. The van der Waals surface area contributed by atoms with Crippen LogP contribution in [-0.4, -0.2) is 17.6 Å². The molecule has 0 spiro atoms. The second kappa shape index (κ2) is 3.66. The predicted octanol–water partition coefficient (Wildman–Crippen LogP) is 3.08. The van der Waals surface area contributed by atoms with E-state index in [0.29, 0.717) is 0 Å². The molecule has 0 saturated heterocycles. The Bertz CT molecular complexity index is 274. The van der Waals surface area contributed by atoms with E-state index in [4.69, 9.17) is 0 Å². The number of hydrogen-bond donors (Lipinski definition) is 0. The van der Waals surface area contributed by atoms with Crippen LogP contribution < -0.4 is 4.90 Å². The minimum atomic E-state index is 0.112. The Labute approximate surface area is 88.1 Å². The van der Waals surface area contributed by atoms with Crippen LogP contribution in [0.3, 0.4) is 0 Å². The number of rotatable bonds is 1. The van der Waals surface area contributed by atoms with Crippen LogP contribution in [0.5, 0.6) is 0 Å². The van der Waals surface area contributed by atoms with Crippen molar-refractivity contribution in [3.63, 3.8) is 0 Å². The Morgan fingerprint density at radius 1 is 1.31 bits per heavy atom. The summed E-state index contributed by atoms with van der Waals surface area (Å²) in [5.41, 5.74) is 0.112. The van der Waals surface area contributed by atoms with E-state index in [9.17, 15) is 0 Å². The van der Waals surface area contributed by atoms with Crippen LogP contribution >= 0.6 is 15.9 Å². The van der Waals surface area contributed by atoms with E-state index >= 15 is 0 Å². The molecular weight excluding hydrogens is 228 g/mol. The molecule has 0 amide bonds. The molecule has 0 atom stereocenters. The molecule has 0 aliphatic carbocycles. The molecule has 0 radical (unpaired) electrons. The zero-order valence-electron chi connectivity index (χ0n) is 8.50. The fourth-order valence-electron chi connectivity index (χ4n) is 0.910. The van der Waals surface area contributed by atoms with Crippen LogP contribution in [-0.2, 0) is 0 Å². The largest absolute Gasteiger partial charge is 0.355 e. The average Bonchev–Trinajstić information content (AvgIpc) is 2.03. The zero-order chi connectivity index (χ0) is 10.1. The Morgan fingerprint density at radius 2 is 1.92 bits per heavy atom. The normalized spacial score (nSPS) is 11.5. The smallest absolute Gasteiger partial charge is 0.128 e. The summed E-state index contributed by atoms with van der Waals surface area (Å²) < 4.78 is 1.01. The van der Waals surface area contributed by atoms with Crippen LogP contribution in [0, 0.1) is 0 Å². The highest BCUT2D eigenvalue weighted by Gasteiger charge is 2.17. The maximum absolute atomic E-state index is 4.32. The molecule has 0 saturated carbocycles. The van der Waals surface area contributed by atoms with Gasteiger partial charge in [0, 0.05) is 23.3 Å². The van der Waals surface area contributed by atoms with Crippen LogP contribution in [0.15, 0.2) is 22.8 Å². The van der Waals surface area contributed by atoms with Gasteiger partial charge in [0.25, 0.3) is 0 Å². The molecule has 0 aliphatic rings. The third-order valence-electron chi connectivity index (χ3n) is 2.06.